The van der Waals surface area contributed by atoms with E-state index in [1.807, 2.05) is 32.0 Å². The van der Waals surface area contributed by atoms with Gasteiger partial charge < -0.3 is 39.1 Å². The Morgan fingerprint density at radius 2 is 1.69 bits per heavy atom. The van der Waals surface area contributed by atoms with Crippen LogP contribution < -0.4 is 10.6 Å². The van der Waals surface area contributed by atoms with Gasteiger partial charge in [0.25, 0.3) is 0 Å². The van der Waals surface area contributed by atoms with Crippen molar-refractivity contribution in [2.45, 2.75) is 90.2 Å². The Morgan fingerprint density at radius 1 is 1.00 bits per heavy atom. The predicted molar refractivity (Wildman–Crippen MR) is 125 cm³/mol. The highest BCUT2D eigenvalue weighted by Gasteiger charge is 2.72. The summed E-state index contributed by atoms with van der Waals surface area (Å²) in [5.74, 6) is -2.34. The van der Waals surface area contributed by atoms with Crippen molar-refractivity contribution in [3.05, 3.63) is 30.3 Å². The highest BCUT2D eigenvalue weighted by molar-refractivity contribution is 5.90. The fourth-order valence-electron chi connectivity index (χ4n) is 4.93. The summed E-state index contributed by atoms with van der Waals surface area (Å²) in [5, 5.41) is 5.73. The van der Waals surface area contributed by atoms with Gasteiger partial charge in [0.15, 0.2) is 17.3 Å². The quantitative estimate of drug-likeness (QED) is 0.582. The molecule has 0 saturated carbocycles. The van der Waals surface area contributed by atoms with E-state index in [2.05, 4.69) is 10.6 Å². The highest BCUT2D eigenvalue weighted by atomic mass is 16.8. The zero-order valence-corrected chi connectivity index (χ0v) is 21.4. The Hall–Kier alpha value is -2.24. The molecule has 3 heterocycles. The maximum absolute atomic E-state index is 13.3. The van der Waals surface area contributed by atoms with Crippen molar-refractivity contribution in [1.82, 2.24) is 5.32 Å². The molecule has 0 bridgehead atoms. The van der Waals surface area contributed by atoms with Crippen molar-refractivity contribution >= 4 is 17.7 Å². The van der Waals surface area contributed by atoms with E-state index in [-0.39, 0.29) is 13.2 Å². The third-order valence-corrected chi connectivity index (χ3v) is 6.62. The molecule has 1 aromatic carbocycles. The van der Waals surface area contributed by atoms with Crippen molar-refractivity contribution < 1.29 is 38.0 Å². The molecule has 3 fully saturated rings. The van der Waals surface area contributed by atoms with Crippen molar-refractivity contribution in [3.63, 3.8) is 0 Å². The summed E-state index contributed by atoms with van der Waals surface area (Å²) in [6.07, 6.45) is -2.67. The second kappa shape index (κ2) is 9.01. The molecule has 1 aromatic rings. The maximum atomic E-state index is 13.3. The van der Waals surface area contributed by atoms with E-state index in [9.17, 15) is 9.59 Å². The van der Waals surface area contributed by atoms with Crippen LogP contribution in [0, 0.1) is 5.41 Å². The summed E-state index contributed by atoms with van der Waals surface area (Å²) in [6, 6.07) is 8.41. The van der Waals surface area contributed by atoms with Gasteiger partial charge in [0.1, 0.15) is 29.8 Å². The number of carbonyl (C=O) groups excluding carboxylic acids is 2. The largest absolute Gasteiger partial charge is 0.465 e. The lowest BCUT2D eigenvalue weighted by Crippen LogP contribution is -2.68. The van der Waals surface area contributed by atoms with Gasteiger partial charge in [-0.25, -0.2) is 4.79 Å². The average molecular weight is 493 g/mol. The van der Waals surface area contributed by atoms with E-state index < -0.39 is 59.1 Å². The monoisotopic (exact) mass is 492 g/mol. The molecule has 0 aliphatic carbocycles. The lowest BCUT2D eigenvalue weighted by molar-refractivity contribution is -0.254. The van der Waals surface area contributed by atoms with E-state index in [4.69, 9.17) is 28.4 Å². The minimum Gasteiger partial charge on any atom is -0.465 e. The molecule has 35 heavy (non-hydrogen) atoms. The van der Waals surface area contributed by atoms with Crippen LogP contribution in [0.1, 0.15) is 48.5 Å². The van der Waals surface area contributed by atoms with Gasteiger partial charge in [-0.15, -0.1) is 0 Å². The minimum atomic E-state index is -1.64. The average Bonchev–Trinajstić information content (AvgIpc) is 3.38. The number of hydrogen-bond donors (Lipinski definition) is 2. The van der Waals surface area contributed by atoms with Gasteiger partial charge in [0, 0.05) is 5.69 Å². The normalized spacial score (nSPS) is 33.2. The second-order valence-corrected chi connectivity index (χ2v) is 10.5. The number of para-hydroxylation sites is 1. The number of urea groups is 1. The van der Waals surface area contributed by atoms with E-state index in [1.54, 1.807) is 46.8 Å². The molecule has 3 saturated heterocycles. The van der Waals surface area contributed by atoms with Crippen LogP contribution in [0.15, 0.2) is 30.3 Å². The number of amides is 2. The molecule has 0 spiro atoms. The molecular formula is C25H36N2O8. The second-order valence-electron chi connectivity index (χ2n) is 10.5. The number of rotatable bonds is 6. The SMILES string of the molecule is CCOC(=O)C(C)(C)[C@]1(NC(=O)Nc2ccccc2)O[C@H]([C@H]2COC(C)(C)O2)[C@@H]2OC(C)(C)O[C@@H]21. The zero-order valence-electron chi connectivity index (χ0n) is 21.4. The van der Waals surface area contributed by atoms with Gasteiger partial charge in [-0.1, -0.05) is 18.2 Å². The minimum absolute atomic E-state index is 0.169. The molecule has 3 aliphatic rings. The lowest BCUT2D eigenvalue weighted by Gasteiger charge is -2.45. The van der Waals surface area contributed by atoms with E-state index in [0.29, 0.717) is 5.69 Å². The molecule has 5 atom stereocenters. The number of ether oxygens (including phenoxy) is 6. The summed E-state index contributed by atoms with van der Waals surface area (Å²) in [7, 11) is 0. The topological polar surface area (TPSA) is 114 Å². The molecule has 0 radical (unpaired) electrons. The first-order chi connectivity index (χ1) is 16.3. The summed E-state index contributed by atoms with van der Waals surface area (Å²) < 4.78 is 36.4. The standard InChI is InChI=1S/C25H36N2O8/c1-8-30-20(28)22(2,3)25(27-21(29)26-15-12-10-9-11-13-15)19-18(33-24(6,7)35-19)17(34-25)16-14-31-23(4,5)32-16/h9-13,16-19H,8,14H2,1-7H3,(H2,26,27,29)/t16-,17-,18+,19+,25-/m1/s1. The Labute approximate surface area is 205 Å². The lowest BCUT2D eigenvalue weighted by atomic mass is 9.77. The maximum Gasteiger partial charge on any atom is 0.321 e. The van der Waals surface area contributed by atoms with Gasteiger partial charge in [-0.3, -0.25) is 4.79 Å². The Balaban J connectivity index is 1.73. The number of esters is 1. The van der Waals surface area contributed by atoms with Crippen LogP contribution in [-0.4, -0.2) is 66.9 Å². The first-order valence-corrected chi connectivity index (χ1v) is 12.0. The van der Waals surface area contributed by atoms with Crippen LogP contribution >= 0.6 is 0 Å². The third kappa shape index (κ3) is 4.77. The summed E-state index contributed by atoms with van der Waals surface area (Å²) in [4.78, 5) is 26.5. The molecule has 2 amide bonds. The van der Waals surface area contributed by atoms with Gasteiger partial charge in [-0.05, 0) is 60.6 Å². The fourth-order valence-corrected chi connectivity index (χ4v) is 4.93. The van der Waals surface area contributed by atoms with E-state index >= 15 is 0 Å². The van der Waals surface area contributed by atoms with Crippen LogP contribution in [0.25, 0.3) is 0 Å². The number of nitrogens with one attached hydrogen (secondary N) is 2. The Kier molecular flexibility index (Phi) is 6.65. The Bertz CT molecular complexity index is 950. The van der Waals surface area contributed by atoms with Gasteiger partial charge in [-0.2, -0.15) is 0 Å². The number of anilines is 1. The molecule has 10 heteroatoms. The molecule has 4 rings (SSSR count). The molecule has 194 valence electrons. The molecule has 2 N–H and O–H groups in total. The first-order valence-electron chi connectivity index (χ1n) is 12.0. The molecule has 10 nitrogen and oxygen atoms in total. The highest BCUT2D eigenvalue weighted by Crippen LogP contribution is 2.52. The molecule has 0 unspecified atom stereocenters. The van der Waals surface area contributed by atoms with E-state index in [1.165, 1.54) is 0 Å². The molecule has 0 aromatic heterocycles. The summed E-state index contributed by atoms with van der Waals surface area (Å²) in [5.41, 5.74) is -2.43. The molecule has 3 aliphatic heterocycles. The van der Waals surface area contributed by atoms with Gasteiger partial charge >= 0.3 is 12.0 Å². The first kappa shape index (κ1) is 25.8. The van der Waals surface area contributed by atoms with Gasteiger partial charge in [0.2, 0.25) is 0 Å². The third-order valence-electron chi connectivity index (χ3n) is 6.62. The van der Waals surface area contributed by atoms with Crippen LogP contribution in [0.4, 0.5) is 10.5 Å². The van der Waals surface area contributed by atoms with E-state index in [0.717, 1.165) is 0 Å². The van der Waals surface area contributed by atoms with Crippen LogP contribution in [-0.2, 0) is 33.2 Å². The van der Waals surface area contributed by atoms with Crippen LogP contribution in [0.5, 0.6) is 0 Å². The number of benzene rings is 1. The number of hydrogen-bond acceptors (Lipinski definition) is 8. The predicted octanol–water partition coefficient (Wildman–Crippen LogP) is 3.16. The number of fused-ring (bicyclic) bond motifs is 1. The fraction of sp³-hybridized carbons (Fsp3) is 0.680. The summed E-state index contributed by atoms with van der Waals surface area (Å²) in [6.45, 7) is 12.7. The van der Waals surface area contributed by atoms with Gasteiger partial charge in [0.05, 0.1) is 13.2 Å². The van der Waals surface area contributed by atoms with Crippen molar-refractivity contribution in [3.8, 4) is 0 Å². The zero-order chi connectivity index (χ0) is 25.6. The van der Waals surface area contributed by atoms with Crippen molar-refractivity contribution in [2.75, 3.05) is 18.5 Å². The Morgan fingerprint density at radius 3 is 2.29 bits per heavy atom. The van der Waals surface area contributed by atoms with Crippen molar-refractivity contribution in [2.24, 2.45) is 5.41 Å². The molecular weight excluding hydrogens is 456 g/mol. The van der Waals surface area contributed by atoms with Crippen LogP contribution in [0.2, 0.25) is 0 Å². The number of carbonyl (C=O) groups is 2. The van der Waals surface area contributed by atoms with Crippen LogP contribution in [0.3, 0.4) is 0 Å². The smallest absolute Gasteiger partial charge is 0.321 e. The van der Waals surface area contributed by atoms with Crippen molar-refractivity contribution in [1.29, 1.82) is 0 Å². The summed E-state index contributed by atoms with van der Waals surface area (Å²) >= 11 is 0.